The van der Waals surface area contributed by atoms with Crippen molar-refractivity contribution >= 4 is 32.8 Å². The number of benzene rings is 5. The Labute approximate surface area is 222 Å². The predicted molar refractivity (Wildman–Crippen MR) is 160 cm³/mol. The molecule has 0 atom stereocenters. The first-order valence-corrected chi connectivity index (χ1v) is 13.1. The molecule has 0 amide bonds. The molecule has 0 aliphatic rings. The van der Waals surface area contributed by atoms with Crippen LogP contribution in [0.4, 0.5) is 0 Å². The van der Waals surface area contributed by atoms with Crippen molar-refractivity contribution in [1.29, 1.82) is 0 Å². The van der Waals surface area contributed by atoms with E-state index in [0.717, 1.165) is 28.0 Å². The Morgan fingerprint density at radius 1 is 0.553 bits per heavy atom. The summed E-state index contributed by atoms with van der Waals surface area (Å²) in [6, 6.07) is 37.4. The van der Waals surface area contributed by atoms with Crippen molar-refractivity contribution in [2.45, 2.75) is 20.8 Å². The summed E-state index contributed by atoms with van der Waals surface area (Å²) in [6.07, 6.45) is 0. The van der Waals surface area contributed by atoms with Crippen LogP contribution in [0.25, 0.3) is 61.0 Å². The Kier molecular flexibility index (Phi) is 5.02. The highest BCUT2D eigenvalue weighted by atomic mass is 15.2. The lowest BCUT2D eigenvalue weighted by Crippen LogP contribution is -2.03. The normalized spacial score (nSPS) is 11.7. The van der Waals surface area contributed by atoms with E-state index < -0.39 is 0 Å². The first kappa shape index (κ1) is 22.6. The molecule has 7 rings (SSSR count). The minimum absolute atomic E-state index is 0.925. The van der Waals surface area contributed by atoms with Gasteiger partial charge in [0.05, 0.1) is 22.1 Å². The van der Waals surface area contributed by atoms with Crippen LogP contribution in [0.3, 0.4) is 0 Å². The summed E-state index contributed by atoms with van der Waals surface area (Å²) in [7, 11) is 2.11. The number of hydrogen-bond acceptors (Lipinski definition) is 1. The molecular formula is C35H29N3. The summed E-state index contributed by atoms with van der Waals surface area (Å²) in [6.45, 7) is 6.53. The van der Waals surface area contributed by atoms with Gasteiger partial charge in [-0.2, -0.15) is 0 Å². The average molecular weight is 492 g/mol. The largest absolute Gasteiger partial charge is 0.313 e. The van der Waals surface area contributed by atoms with Crippen LogP contribution in [0.5, 0.6) is 0 Å². The molecule has 0 aliphatic carbocycles. The maximum atomic E-state index is 5.08. The highest BCUT2D eigenvalue weighted by Gasteiger charge is 2.19. The molecule has 0 unspecified atom stereocenters. The third-order valence-electron chi connectivity index (χ3n) is 7.88. The van der Waals surface area contributed by atoms with Crippen LogP contribution < -0.4 is 0 Å². The third-order valence-corrected chi connectivity index (χ3v) is 7.88. The number of rotatable bonds is 3. The Hall–Kier alpha value is -4.63. The van der Waals surface area contributed by atoms with Gasteiger partial charge in [0, 0.05) is 17.8 Å². The van der Waals surface area contributed by atoms with Crippen LogP contribution in [-0.4, -0.2) is 14.1 Å². The quantitative estimate of drug-likeness (QED) is 0.242. The molecule has 0 saturated carbocycles. The molecule has 38 heavy (non-hydrogen) atoms. The van der Waals surface area contributed by atoms with E-state index in [1.54, 1.807) is 0 Å². The fraction of sp³-hybridized carbons (Fsp3) is 0.114. The summed E-state index contributed by atoms with van der Waals surface area (Å²) >= 11 is 0. The van der Waals surface area contributed by atoms with Gasteiger partial charge in [0.15, 0.2) is 0 Å². The molecule has 0 bridgehead atoms. The number of aryl methyl sites for hydroxylation is 4. The summed E-state index contributed by atoms with van der Waals surface area (Å²) in [5, 5.41) is 2.47. The third kappa shape index (κ3) is 3.39. The van der Waals surface area contributed by atoms with Crippen molar-refractivity contribution in [2.24, 2.45) is 7.05 Å². The summed E-state index contributed by atoms with van der Waals surface area (Å²) < 4.78 is 4.51. The van der Waals surface area contributed by atoms with Gasteiger partial charge in [-0.1, -0.05) is 72.3 Å². The Bertz CT molecular complexity index is 2020. The minimum atomic E-state index is 0.925. The van der Waals surface area contributed by atoms with E-state index in [1.807, 2.05) is 0 Å². The Morgan fingerprint density at radius 2 is 1.18 bits per heavy atom. The monoisotopic (exact) mass is 491 g/mol. The van der Waals surface area contributed by atoms with E-state index in [1.165, 1.54) is 49.7 Å². The summed E-state index contributed by atoms with van der Waals surface area (Å²) in [4.78, 5) is 5.08. The molecule has 0 aliphatic heterocycles. The molecule has 2 aromatic heterocycles. The van der Waals surface area contributed by atoms with Crippen molar-refractivity contribution in [1.82, 2.24) is 14.1 Å². The van der Waals surface area contributed by atoms with Gasteiger partial charge in [0.25, 0.3) is 0 Å². The fourth-order valence-corrected chi connectivity index (χ4v) is 5.94. The van der Waals surface area contributed by atoms with Gasteiger partial charge in [-0.05, 0) is 90.6 Å². The lowest BCUT2D eigenvalue weighted by atomic mass is 9.96. The van der Waals surface area contributed by atoms with E-state index in [0.29, 0.717) is 0 Å². The van der Waals surface area contributed by atoms with E-state index >= 15 is 0 Å². The van der Waals surface area contributed by atoms with E-state index in [9.17, 15) is 0 Å². The molecular weight excluding hydrogens is 462 g/mol. The molecule has 184 valence electrons. The van der Waals surface area contributed by atoms with Gasteiger partial charge in [0.2, 0.25) is 5.95 Å². The predicted octanol–water partition coefficient (Wildman–Crippen LogP) is 8.93. The van der Waals surface area contributed by atoms with Crippen LogP contribution in [0.1, 0.15) is 16.7 Å². The average Bonchev–Trinajstić information content (AvgIpc) is 3.42. The van der Waals surface area contributed by atoms with Crippen LogP contribution in [0, 0.1) is 20.8 Å². The SMILES string of the molecule is Cc1ccc(-c2ccc3c(c2)c2cc(-c4ccccc4C)ccc2n3-c2nc3ccccc3n2C)c(C)c1. The number of imidazole rings is 1. The molecule has 2 heterocycles. The van der Waals surface area contributed by atoms with Crippen molar-refractivity contribution < 1.29 is 0 Å². The van der Waals surface area contributed by atoms with Gasteiger partial charge >= 0.3 is 0 Å². The van der Waals surface area contributed by atoms with E-state index in [2.05, 4.69) is 140 Å². The molecule has 3 nitrogen and oxygen atoms in total. The zero-order valence-electron chi connectivity index (χ0n) is 22.2. The highest BCUT2D eigenvalue weighted by molar-refractivity contribution is 6.11. The van der Waals surface area contributed by atoms with E-state index in [4.69, 9.17) is 4.98 Å². The first-order chi connectivity index (χ1) is 18.5. The Morgan fingerprint density at radius 3 is 1.84 bits per heavy atom. The number of aromatic nitrogens is 3. The van der Waals surface area contributed by atoms with Gasteiger partial charge in [-0.15, -0.1) is 0 Å². The maximum absolute atomic E-state index is 5.08. The maximum Gasteiger partial charge on any atom is 0.215 e. The van der Waals surface area contributed by atoms with Crippen LogP contribution >= 0.6 is 0 Å². The molecule has 0 N–H and O–H groups in total. The standard InChI is InChI=1S/C35H29N3/c1-22-13-16-28(24(3)19-22)26-15-18-33-30(21-26)29-20-25(27-10-6-5-9-23(27)2)14-17-32(29)38(33)35-36-31-11-7-8-12-34(31)37(35)4/h5-21H,1-4H3. The van der Waals surface area contributed by atoms with Crippen LogP contribution in [0.2, 0.25) is 0 Å². The number of nitrogens with zero attached hydrogens (tertiary/aromatic N) is 3. The second-order valence-electron chi connectivity index (χ2n) is 10.4. The van der Waals surface area contributed by atoms with Crippen molar-refractivity contribution in [2.75, 3.05) is 0 Å². The second kappa shape index (κ2) is 8.46. The summed E-state index contributed by atoms with van der Waals surface area (Å²) in [5.41, 5.74) is 13.3. The van der Waals surface area contributed by atoms with Crippen molar-refractivity contribution in [3.05, 3.63) is 120 Å². The van der Waals surface area contributed by atoms with Crippen LogP contribution in [0.15, 0.2) is 103 Å². The van der Waals surface area contributed by atoms with Crippen LogP contribution in [-0.2, 0) is 7.05 Å². The number of fused-ring (bicyclic) bond motifs is 4. The minimum Gasteiger partial charge on any atom is -0.313 e. The molecule has 0 fully saturated rings. The first-order valence-electron chi connectivity index (χ1n) is 13.1. The van der Waals surface area contributed by atoms with E-state index in [-0.39, 0.29) is 0 Å². The van der Waals surface area contributed by atoms with Crippen molar-refractivity contribution in [3.8, 4) is 28.2 Å². The lowest BCUT2D eigenvalue weighted by Gasteiger charge is -2.10. The topological polar surface area (TPSA) is 22.8 Å². The molecule has 3 heteroatoms. The summed E-state index contributed by atoms with van der Waals surface area (Å²) in [5.74, 6) is 0.925. The smallest absolute Gasteiger partial charge is 0.215 e. The molecule has 5 aromatic carbocycles. The molecule has 7 aromatic rings. The van der Waals surface area contributed by atoms with Gasteiger partial charge < -0.3 is 4.57 Å². The zero-order valence-corrected chi connectivity index (χ0v) is 22.2. The number of para-hydroxylation sites is 2. The molecule has 0 radical (unpaired) electrons. The zero-order chi connectivity index (χ0) is 26.0. The second-order valence-corrected chi connectivity index (χ2v) is 10.4. The number of hydrogen-bond donors (Lipinski definition) is 0. The Balaban J connectivity index is 1.56. The lowest BCUT2D eigenvalue weighted by molar-refractivity contribution is 0.870. The van der Waals surface area contributed by atoms with Gasteiger partial charge in [-0.3, -0.25) is 4.57 Å². The molecule has 0 saturated heterocycles. The van der Waals surface area contributed by atoms with Gasteiger partial charge in [0.1, 0.15) is 0 Å². The highest BCUT2D eigenvalue weighted by Crippen LogP contribution is 2.38. The van der Waals surface area contributed by atoms with Gasteiger partial charge in [-0.25, -0.2) is 4.98 Å². The molecule has 0 spiro atoms. The van der Waals surface area contributed by atoms with Crippen molar-refractivity contribution in [3.63, 3.8) is 0 Å². The fourth-order valence-electron chi connectivity index (χ4n) is 5.94.